The molecule has 0 spiro atoms. The number of halogens is 1. The average molecular weight is 407 g/mol. The highest BCUT2D eigenvalue weighted by atomic mass is 19.1. The Morgan fingerprint density at radius 2 is 2.00 bits per heavy atom. The molecule has 30 heavy (non-hydrogen) atoms. The van der Waals surface area contributed by atoms with Gasteiger partial charge in [-0.15, -0.1) is 0 Å². The zero-order chi connectivity index (χ0) is 20.9. The molecular weight excluding hydrogens is 381 g/mol. The Kier molecular flexibility index (Phi) is 4.53. The van der Waals surface area contributed by atoms with Crippen LogP contribution < -0.4 is 10.5 Å². The number of hydrogen-bond acceptors (Lipinski definition) is 4. The zero-order valence-electron chi connectivity index (χ0n) is 17.2. The summed E-state index contributed by atoms with van der Waals surface area (Å²) in [6.45, 7) is 0.701. The van der Waals surface area contributed by atoms with Gasteiger partial charge in [0.15, 0.2) is 11.5 Å². The van der Waals surface area contributed by atoms with Crippen molar-refractivity contribution in [2.75, 3.05) is 13.7 Å². The minimum absolute atomic E-state index is 0.165. The minimum Gasteiger partial charge on any atom is -0.493 e. The number of carbonyl (C=O) groups excluding carboxylic acids is 1. The number of ether oxygens (including phenoxy) is 1. The van der Waals surface area contributed by atoms with Crippen molar-refractivity contribution in [3.63, 3.8) is 0 Å². The van der Waals surface area contributed by atoms with Gasteiger partial charge in [-0.3, -0.25) is 9.69 Å². The maximum Gasteiger partial charge on any atom is 0.266 e. The highest BCUT2D eigenvalue weighted by molar-refractivity contribution is 6.09. The Balaban J connectivity index is 1.63. The van der Waals surface area contributed by atoms with Crippen LogP contribution in [0.1, 0.15) is 47.9 Å². The van der Waals surface area contributed by atoms with E-state index in [1.807, 2.05) is 24.3 Å². The van der Waals surface area contributed by atoms with Crippen LogP contribution >= 0.6 is 0 Å². The summed E-state index contributed by atoms with van der Waals surface area (Å²) in [5.41, 5.74) is 7.88. The van der Waals surface area contributed by atoms with Gasteiger partial charge in [-0.1, -0.05) is 25.0 Å². The highest BCUT2D eigenvalue weighted by Gasteiger charge is 2.50. The van der Waals surface area contributed by atoms with Gasteiger partial charge >= 0.3 is 0 Å². The third-order valence-electron chi connectivity index (χ3n) is 6.55. The first-order valence-corrected chi connectivity index (χ1v) is 10.7. The predicted molar refractivity (Wildman–Crippen MR) is 113 cm³/mol. The average Bonchev–Trinajstić information content (AvgIpc) is 3.56. The van der Waals surface area contributed by atoms with Gasteiger partial charge in [-0.2, -0.15) is 0 Å². The van der Waals surface area contributed by atoms with E-state index in [0.29, 0.717) is 30.1 Å². The van der Waals surface area contributed by atoms with Crippen LogP contribution in [0.4, 0.5) is 4.39 Å². The molecule has 1 aliphatic carbocycles. The van der Waals surface area contributed by atoms with Crippen LogP contribution in [0.25, 0.3) is 0 Å². The predicted octanol–water partition coefficient (Wildman–Crippen LogP) is 3.52. The number of fused-ring (bicyclic) bond motifs is 1. The Morgan fingerprint density at radius 1 is 1.23 bits per heavy atom. The third kappa shape index (κ3) is 3.06. The Hall–Kier alpha value is -2.89. The van der Waals surface area contributed by atoms with E-state index >= 15 is 0 Å². The Labute approximate surface area is 175 Å². The molecule has 1 fully saturated rings. The van der Waals surface area contributed by atoms with E-state index in [9.17, 15) is 9.18 Å². The summed E-state index contributed by atoms with van der Waals surface area (Å²) >= 11 is 0. The van der Waals surface area contributed by atoms with Gasteiger partial charge in [-0.05, 0) is 78.1 Å². The number of hydrogen-bond donors (Lipinski definition) is 1. The fourth-order valence-corrected chi connectivity index (χ4v) is 4.53. The first-order valence-electron chi connectivity index (χ1n) is 10.7. The molecule has 156 valence electrons. The Bertz CT molecular complexity index is 1050. The number of benzene rings is 2. The fourth-order valence-electron chi connectivity index (χ4n) is 4.53. The summed E-state index contributed by atoms with van der Waals surface area (Å²) in [7, 11) is 1.63. The second-order valence-corrected chi connectivity index (χ2v) is 8.61. The maximum atomic E-state index is 14.6. The number of carbonyl (C=O) groups is 1. The second kappa shape index (κ2) is 7.11. The number of likely N-dealkylation sites (N-methyl/N-ethyl adjacent to an activating group) is 1. The third-order valence-corrected chi connectivity index (χ3v) is 6.55. The van der Waals surface area contributed by atoms with Crippen LogP contribution in [0.15, 0.2) is 41.4 Å². The number of rotatable bonds is 5. The standard InChI is InChI=1S/C24H26FN3O2/c1-28-22(29)24(27-23(28)26,19-9-11-21-17(14-19)3-2-12-30-21)18-8-10-20(25)16(13-18)7-6-15-4-5-15/h8-11,13-15H,2-7,12H2,1H3,(H2,26,27). The van der Waals surface area contributed by atoms with Crippen LogP contribution in [-0.2, 0) is 23.2 Å². The molecule has 5 rings (SSSR count). The van der Waals surface area contributed by atoms with E-state index in [1.165, 1.54) is 23.8 Å². The molecule has 0 bridgehead atoms. The summed E-state index contributed by atoms with van der Waals surface area (Å²) in [6, 6.07) is 10.7. The van der Waals surface area contributed by atoms with Gasteiger partial charge in [-0.25, -0.2) is 9.38 Å². The molecule has 2 N–H and O–H groups in total. The van der Waals surface area contributed by atoms with Crippen LogP contribution in [0.5, 0.6) is 5.75 Å². The molecule has 1 atom stereocenters. The lowest BCUT2D eigenvalue weighted by atomic mass is 9.80. The molecule has 3 aliphatic rings. The van der Waals surface area contributed by atoms with Gasteiger partial charge in [0.25, 0.3) is 5.91 Å². The van der Waals surface area contributed by atoms with Crippen molar-refractivity contribution in [2.24, 2.45) is 16.6 Å². The molecule has 1 amide bonds. The molecule has 0 aromatic heterocycles. The molecule has 0 saturated heterocycles. The molecule has 1 unspecified atom stereocenters. The number of aryl methyl sites for hydroxylation is 2. The summed E-state index contributed by atoms with van der Waals surface area (Å²) in [6.07, 6.45) is 5.92. The van der Waals surface area contributed by atoms with Crippen molar-refractivity contribution in [1.82, 2.24) is 4.90 Å². The maximum absolute atomic E-state index is 14.6. The second-order valence-electron chi connectivity index (χ2n) is 8.61. The normalized spacial score (nSPS) is 23.2. The Morgan fingerprint density at radius 3 is 2.73 bits per heavy atom. The van der Waals surface area contributed by atoms with E-state index in [4.69, 9.17) is 10.5 Å². The molecule has 2 aliphatic heterocycles. The lowest BCUT2D eigenvalue weighted by molar-refractivity contribution is -0.129. The van der Waals surface area contributed by atoms with Crippen LogP contribution in [0.2, 0.25) is 0 Å². The lowest BCUT2D eigenvalue weighted by Crippen LogP contribution is -2.41. The highest BCUT2D eigenvalue weighted by Crippen LogP contribution is 2.42. The van der Waals surface area contributed by atoms with E-state index in [1.54, 1.807) is 13.1 Å². The SMILES string of the molecule is CN1C(=O)C(c2ccc(F)c(CCC3CC3)c2)(c2ccc3c(c2)CCCO3)N=C1N. The first-order chi connectivity index (χ1) is 14.5. The molecular formula is C24H26FN3O2. The molecule has 2 heterocycles. The molecule has 0 radical (unpaired) electrons. The molecule has 2 aromatic rings. The fraction of sp³-hybridized carbons (Fsp3) is 0.417. The monoisotopic (exact) mass is 407 g/mol. The summed E-state index contributed by atoms with van der Waals surface area (Å²) in [5.74, 6) is 1.26. The summed E-state index contributed by atoms with van der Waals surface area (Å²) in [5, 5.41) is 0. The first kappa shape index (κ1) is 19.1. The number of amides is 1. The van der Waals surface area contributed by atoms with E-state index < -0.39 is 5.54 Å². The van der Waals surface area contributed by atoms with Crippen molar-refractivity contribution in [3.8, 4) is 5.75 Å². The van der Waals surface area contributed by atoms with Crippen LogP contribution in [-0.4, -0.2) is 30.4 Å². The van der Waals surface area contributed by atoms with Gasteiger partial charge in [0.2, 0.25) is 0 Å². The van der Waals surface area contributed by atoms with Crippen LogP contribution in [0.3, 0.4) is 0 Å². The van der Waals surface area contributed by atoms with Gasteiger partial charge in [0, 0.05) is 7.05 Å². The van der Waals surface area contributed by atoms with Crippen molar-refractivity contribution in [3.05, 3.63) is 64.5 Å². The summed E-state index contributed by atoms with van der Waals surface area (Å²) in [4.78, 5) is 19.5. The molecule has 1 saturated carbocycles. The van der Waals surface area contributed by atoms with Crippen molar-refractivity contribution in [1.29, 1.82) is 0 Å². The van der Waals surface area contributed by atoms with E-state index in [0.717, 1.165) is 36.1 Å². The van der Waals surface area contributed by atoms with Crippen LogP contribution in [0, 0.1) is 11.7 Å². The minimum atomic E-state index is -1.30. The zero-order valence-corrected chi connectivity index (χ0v) is 17.2. The molecule has 2 aromatic carbocycles. The lowest BCUT2D eigenvalue weighted by Gasteiger charge is -2.28. The van der Waals surface area contributed by atoms with Gasteiger partial charge in [0.05, 0.1) is 6.61 Å². The largest absolute Gasteiger partial charge is 0.493 e. The smallest absolute Gasteiger partial charge is 0.266 e. The topological polar surface area (TPSA) is 67.9 Å². The van der Waals surface area contributed by atoms with Crippen molar-refractivity contribution in [2.45, 2.75) is 44.1 Å². The van der Waals surface area contributed by atoms with E-state index in [2.05, 4.69) is 4.99 Å². The number of aliphatic imine (C=N–C) groups is 1. The number of nitrogens with two attached hydrogens (primary N) is 1. The van der Waals surface area contributed by atoms with Crippen molar-refractivity contribution < 1.29 is 13.9 Å². The molecule has 6 heteroatoms. The van der Waals surface area contributed by atoms with Crippen molar-refractivity contribution >= 4 is 11.9 Å². The van der Waals surface area contributed by atoms with E-state index in [-0.39, 0.29) is 17.7 Å². The van der Waals surface area contributed by atoms with Gasteiger partial charge in [0.1, 0.15) is 11.6 Å². The van der Waals surface area contributed by atoms with Gasteiger partial charge < -0.3 is 10.5 Å². The quantitative estimate of drug-likeness (QED) is 0.825. The number of guanidine groups is 1. The molecule has 5 nitrogen and oxygen atoms in total. The summed E-state index contributed by atoms with van der Waals surface area (Å²) < 4.78 is 20.3. The number of nitrogens with zero attached hydrogens (tertiary/aromatic N) is 2.